The van der Waals surface area contributed by atoms with Crippen LogP contribution in [0.3, 0.4) is 0 Å². The van der Waals surface area contributed by atoms with Gasteiger partial charge in [0, 0.05) is 6.04 Å². The average Bonchev–Trinajstić information content (AvgIpc) is 2.45. The van der Waals surface area contributed by atoms with Crippen LogP contribution in [-0.2, 0) is 6.61 Å². The van der Waals surface area contributed by atoms with Gasteiger partial charge in [0.05, 0.1) is 6.42 Å². The highest BCUT2D eigenvalue weighted by atomic mass is 19.4. The monoisotopic (exact) mass is 323 g/mol. The Labute approximate surface area is 134 Å². The van der Waals surface area contributed by atoms with Crippen LogP contribution in [0.1, 0.15) is 34.7 Å². The Bertz CT molecular complexity index is 630. The van der Waals surface area contributed by atoms with Crippen LogP contribution in [0.4, 0.5) is 13.2 Å². The van der Waals surface area contributed by atoms with Crippen LogP contribution in [0.25, 0.3) is 0 Å². The van der Waals surface area contributed by atoms with Gasteiger partial charge in [-0.3, -0.25) is 0 Å². The van der Waals surface area contributed by atoms with Gasteiger partial charge in [0.1, 0.15) is 12.4 Å². The molecule has 0 aliphatic heterocycles. The van der Waals surface area contributed by atoms with E-state index in [1.54, 1.807) is 12.1 Å². The zero-order chi connectivity index (χ0) is 17.0. The Kier molecular flexibility index (Phi) is 5.31. The van der Waals surface area contributed by atoms with E-state index in [4.69, 9.17) is 10.5 Å². The summed E-state index contributed by atoms with van der Waals surface area (Å²) in [7, 11) is 0. The predicted molar refractivity (Wildman–Crippen MR) is 84.3 cm³/mol. The summed E-state index contributed by atoms with van der Waals surface area (Å²) < 4.78 is 43.3. The molecule has 0 aliphatic rings. The highest BCUT2D eigenvalue weighted by Crippen LogP contribution is 2.32. The van der Waals surface area contributed by atoms with Crippen molar-refractivity contribution in [2.24, 2.45) is 5.73 Å². The van der Waals surface area contributed by atoms with Crippen molar-refractivity contribution in [3.63, 3.8) is 0 Å². The molecule has 0 bridgehead atoms. The van der Waals surface area contributed by atoms with Crippen molar-refractivity contribution in [1.29, 1.82) is 0 Å². The Morgan fingerprint density at radius 3 is 2.13 bits per heavy atom. The maximum absolute atomic E-state index is 12.5. The number of aryl methyl sites for hydroxylation is 2. The predicted octanol–water partition coefficient (Wildman–Crippen LogP) is 4.83. The lowest BCUT2D eigenvalue weighted by molar-refractivity contribution is -0.138. The van der Waals surface area contributed by atoms with E-state index in [-0.39, 0.29) is 0 Å². The fourth-order valence-corrected chi connectivity index (χ4v) is 2.52. The van der Waals surface area contributed by atoms with Gasteiger partial charge >= 0.3 is 6.18 Å². The van der Waals surface area contributed by atoms with Crippen molar-refractivity contribution in [2.75, 3.05) is 0 Å². The molecule has 0 saturated heterocycles. The Hall–Kier alpha value is -2.01. The second-order valence-corrected chi connectivity index (χ2v) is 5.68. The van der Waals surface area contributed by atoms with Crippen molar-refractivity contribution in [3.05, 3.63) is 64.7 Å². The van der Waals surface area contributed by atoms with Gasteiger partial charge < -0.3 is 10.5 Å². The molecule has 0 unspecified atom stereocenters. The Balaban J connectivity index is 2.14. The highest BCUT2D eigenvalue weighted by molar-refractivity contribution is 5.44. The quantitative estimate of drug-likeness (QED) is 0.855. The zero-order valence-corrected chi connectivity index (χ0v) is 13.2. The van der Waals surface area contributed by atoms with Gasteiger partial charge in [0.2, 0.25) is 0 Å². The molecule has 1 atom stereocenters. The van der Waals surface area contributed by atoms with Gasteiger partial charge in [0.15, 0.2) is 0 Å². The summed E-state index contributed by atoms with van der Waals surface area (Å²) in [6.45, 7) is 4.05. The van der Waals surface area contributed by atoms with E-state index in [1.807, 2.05) is 44.2 Å². The molecule has 0 aromatic heterocycles. The van der Waals surface area contributed by atoms with Crippen LogP contribution in [-0.4, -0.2) is 6.18 Å². The lowest BCUT2D eigenvalue weighted by Crippen LogP contribution is -2.20. The zero-order valence-electron chi connectivity index (χ0n) is 13.2. The molecule has 2 aromatic rings. The van der Waals surface area contributed by atoms with Crippen LogP contribution >= 0.6 is 0 Å². The van der Waals surface area contributed by atoms with Crippen LogP contribution in [0.15, 0.2) is 42.5 Å². The minimum atomic E-state index is -4.27. The molecule has 0 heterocycles. The molecule has 0 radical (unpaired) electrons. The van der Waals surface area contributed by atoms with E-state index in [9.17, 15) is 13.2 Å². The number of halogens is 3. The summed E-state index contributed by atoms with van der Waals surface area (Å²) in [4.78, 5) is 0. The third-order valence-electron chi connectivity index (χ3n) is 3.59. The van der Waals surface area contributed by atoms with Crippen LogP contribution in [0.2, 0.25) is 0 Å². The average molecular weight is 323 g/mol. The van der Waals surface area contributed by atoms with Crippen molar-refractivity contribution >= 4 is 0 Å². The molecule has 0 spiro atoms. The van der Waals surface area contributed by atoms with Gasteiger partial charge in [-0.2, -0.15) is 13.2 Å². The smallest absolute Gasteiger partial charge is 0.390 e. The molecule has 0 saturated carbocycles. The Morgan fingerprint density at radius 2 is 1.61 bits per heavy atom. The number of alkyl halides is 3. The Morgan fingerprint density at radius 1 is 1.04 bits per heavy atom. The summed E-state index contributed by atoms with van der Waals surface area (Å²) in [5, 5.41) is 0. The van der Waals surface area contributed by atoms with Crippen molar-refractivity contribution in [3.8, 4) is 5.75 Å². The van der Waals surface area contributed by atoms with Gasteiger partial charge in [-0.1, -0.05) is 42.5 Å². The fourth-order valence-electron chi connectivity index (χ4n) is 2.52. The molecule has 2 aromatic carbocycles. The number of nitrogens with two attached hydrogens (primary N) is 1. The third-order valence-corrected chi connectivity index (χ3v) is 3.59. The largest absolute Gasteiger partial charge is 0.488 e. The first-order valence-electron chi connectivity index (χ1n) is 7.36. The first-order valence-corrected chi connectivity index (χ1v) is 7.36. The van der Waals surface area contributed by atoms with Gasteiger partial charge in [0.25, 0.3) is 0 Å². The maximum Gasteiger partial charge on any atom is 0.390 e. The molecule has 0 aliphatic carbocycles. The molecule has 5 heteroatoms. The first-order chi connectivity index (χ1) is 10.8. The summed E-state index contributed by atoms with van der Waals surface area (Å²) >= 11 is 0. The minimum Gasteiger partial charge on any atom is -0.488 e. The second kappa shape index (κ2) is 7.04. The number of rotatable bonds is 5. The molecule has 2 rings (SSSR count). The number of benzene rings is 2. The van der Waals surface area contributed by atoms with Crippen molar-refractivity contribution in [1.82, 2.24) is 0 Å². The van der Waals surface area contributed by atoms with Crippen LogP contribution in [0, 0.1) is 13.8 Å². The van der Waals surface area contributed by atoms with E-state index in [0.717, 1.165) is 16.7 Å². The highest BCUT2D eigenvalue weighted by Gasteiger charge is 2.31. The standard InChI is InChI=1S/C18H20F3NO/c1-12-8-15(16(22)10-18(19,20)21)9-13(2)17(12)23-11-14-6-4-3-5-7-14/h3-9,16H,10-11,22H2,1-2H3/t16-/m0/s1. The van der Waals surface area contributed by atoms with E-state index < -0.39 is 18.6 Å². The third kappa shape index (κ3) is 4.99. The molecule has 0 amide bonds. The van der Waals surface area contributed by atoms with Crippen LogP contribution < -0.4 is 10.5 Å². The van der Waals surface area contributed by atoms with E-state index in [2.05, 4.69) is 0 Å². The lowest BCUT2D eigenvalue weighted by Gasteiger charge is -2.18. The van der Waals surface area contributed by atoms with Gasteiger partial charge in [-0.15, -0.1) is 0 Å². The lowest BCUT2D eigenvalue weighted by atomic mass is 9.98. The van der Waals surface area contributed by atoms with Gasteiger partial charge in [-0.25, -0.2) is 0 Å². The molecule has 2 nitrogen and oxygen atoms in total. The number of hydrogen-bond donors (Lipinski definition) is 1. The first kappa shape index (κ1) is 17.3. The molecule has 2 N–H and O–H groups in total. The van der Waals surface area contributed by atoms with Crippen LogP contribution in [0.5, 0.6) is 5.75 Å². The fraction of sp³-hybridized carbons (Fsp3) is 0.333. The second-order valence-electron chi connectivity index (χ2n) is 5.68. The van der Waals surface area contributed by atoms with Crippen molar-refractivity contribution < 1.29 is 17.9 Å². The number of hydrogen-bond acceptors (Lipinski definition) is 2. The van der Waals surface area contributed by atoms with E-state index >= 15 is 0 Å². The maximum atomic E-state index is 12.5. The molecular weight excluding hydrogens is 303 g/mol. The van der Waals surface area contributed by atoms with Gasteiger partial charge in [-0.05, 0) is 36.1 Å². The normalized spacial score (nSPS) is 13.0. The summed E-state index contributed by atoms with van der Waals surface area (Å²) in [5.41, 5.74) is 8.75. The summed E-state index contributed by atoms with van der Waals surface area (Å²) in [6, 6.07) is 12.0. The SMILES string of the molecule is Cc1cc([C@@H](N)CC(F)(F)F)cc(C)c1OCc1ccccc1. The molecule has 124 valence electrons. The summed E-state index contributed by atoms with van der Waals surface area (Å²) in [5.74, 6) is 0.691. The minimum absolute atomic E-state index is 0.413. The van der Waals surface area contributed by atoms with Crippen molar-refractivity contribution in [2.45, 2.75) is 39.1 Å². The molecule has 23 heavy (non-hydrogen) atoms. The topological polar surface area (TPSA) is 35.2 Å². The number of ether oxygens (including phenoxy) is 1. The van der Waals surface area contributed by atoms with E-state index in [1.165, 1.54) is 0 Å². The summed E-state index contributed by atoms with van der Waals surface area (Å²) in [6.07, 6.45) is -5.31. The molecule has 0 fully saturated rings. The van der Waals surface area contributed by atoms with E-state index in [0.29, 0.717) is 17.9 Å². The molecular formula is C18H20F3NO.